The van der Waals surface area contributed by atoms with Crippen molar-refractivity contribution in [2.45, 2.75) is 30.8 Å². The molecule has 2 aromatic carbocycles. The molecule has 0 aliphatic heterocycles. The highest BCUT2D eigenvalue weighted by molar-refractivity contribution is 7.92. The highest BCUT2D eigenvalue weighted by Gasteiger charge is 2.31. The molecule has 26 heavy (non-hydrogen) atoms. The molecule has 0 amide bonds. The van der Waals surface area contributed by atoms with Crippen molar-refractivity contribution in [3.63, 3.8) is 0 Å². The average molecular weight is 391 g/mol. The summed E-state index contributed by atoms with van der Waals surface area (Å²) in [6.07, 6.45) is -2.93. The van der Waals surface area contributed by atoms with E-state index in [1.165, 1.54) is 24.3 Å². The van der Waals surface area contributed by atoms with Gasteiger partial charge in [-0.1, -0.05) is 13.3 Å². The van der Waals surface area contributed by atoms with E-state index in [2.05, 4.69) is 0 Å². The summed E-state index contributed by atoms with van der Waals surface area (Å²) in [7, 11) is -4.25. The largest absolute Gasteiger partial charge is 0.494 e. The summed E-state index contributed by atoms with van der Waals surface area (Å²) in [5.41, 5.74) is -1.93. The summed E-state index contributed by atoms with van der Waals surface area (Å²) >= 11 is 0. The lowest BCUT2D eigenvalue weighted by atomic mass is 10.2. The van der Waals surface area contributed by atoms with Gasteiger partial charge in [0.15, 0.2) is 0 Å². The maximum Gasteiger partial charge on any atom is 0.416 e. The molecule has 4 nitrogen and oxygen atoms in total. The van der Waals surface area contributed by atoms with Crippen molar-refractivity contribution in [3.05, 3.63) is 53.8 Å². The van der Waals surface area contributed by atoms with Crippen molar-refractivity contribution >= 4 is 15.7 Å². The molecule has 0 aliphatic rings. The van der Waals surface area contributed by atoms with Gasteiger partial charge in [0.1, 0.15) is 11.6 Å². The number of rotatable bonds is 7. The van der Waals surface area contributed by atoms with E-state index in [9.17, 15) is 26.0 Å². The number of anilines is 1. The molecular weight excluding hydrogens is 374 g/mol. The van der Waals surface area contributed by atoms with Crippen LogP contribution in [0.3, 0.4) is 0 Å². The molecule has 142 valence electrons. The van der Waals surface area contributed by atoms with Gasteiger partial charge in [0, 0.05) is 0 Å². The Labute approximate surface area is 148 Å². The Bertz CT molecular complexity index is 849. The zero-order valence-corrected chi connectivity index (χ0v) is 14.6. The Morgan fingerprint density at radius 1 is 1.08 bits per heavy atom. The summed E-state index contributed by atoms with van der Waals surface area (Å²) in [4.78, 5) is -0.225. The molecular formula is C17H17F4NO3S. The maximum absolute atomic E-state index is 13.7. The first kappa shape index (κ1) is 20.0. The van der Waals surface area contributed by atoms with Crippen molar-refractivity contribution in [2.75, 3.05) is 11.3 Å². The smallest absolute Gasteiger partial charge is 0.416 e. The van der Waals surface area contributed by atoms with Crippen LogP contribution in [0, 0.1) is 5.82 Å². The van der Waals surface area contributed by atoms with Crippen LogP contribution in [0.4, 0.5) is 23.2 Å². The first-order valence-corrected chi connectivity index (χ1v) is 9.24. The molecule has 0 saturated carbocycles. The van der Waals surface area contributed by atoms with Gasteiger partial charge in [0.05, 0.1) is 22.8 Å². The van der Waals surface area contributed by atoms with Crippen LogP contribution in [0.1, 0.15) is 25.3 Å². The molecule has 1 N–H and O–H groups in total. The Kier molecular flexibility index (Phi) is 6.12. The predicted octanol–water partition coefficient (Wildman–Crippen LogP) is 4.82. The van der Waals surface area contributed by atoms with Crippen LogP contribution >= 0.6 is 0 Å². The number of nitrogens with one attached hydrogen (secondary N) is 1. The van der Waals surface area contributed by atoms with E-state index < -0.39 is 33.3 Å². The minimum Gasteiger partial charge on any atom is -0.494 e. The summed E-state index contributed by atoms with van der Waals surface area (Å²) in [5, 5.41) is 0. The van der Waals surface area contributed by atoms with Crippen LogP contribution < -0.4 is 9.46 Å². The summed E-state index contributed by atoms with van der Waals surface area (Å²) < 4.78 is 83.7. The predicted molar refractivity (Wildman–Crippen MR) is 89.1 cm³/mol. The number of hydrogen-bond acceptors (Lipinski definition) is 3. The second kappa shape index (κ2) is 7.94. The number of alkyl halides is 3. The van der Waals surface area contributed by atoms with E-state index in [1.54, 1.807) is 0 Å². The molecule has 0 bridgehead atoms. The average Bonchev–Trinajstić information content (AvgIpc) is 2.56. The number of sulfonamides is 1. The summed E-state index contributed by atoms with van der Waals surface area (Å²) in [5.74, 6) is -0.649. The molecule has 0 spiro atoms. The molecule has 0 radical (unpaired) electrons. The van der Waals surface area contributed by atoms with Gasteiger partial charge in [-0.25, -0.2) is 12.8 Å². The lowest BCUT2D eigenvalue weighted by Crippen LogP contribution is -2.15. The lowest BCUT2D eigenvalue weighted by molar-refractivity contribution is -0.137. The molecule has 2 aromatic rings. The van der Waals surface area contributed by atoms with E-state index in [1.807, 2.05) is 11.6 Å². The molecule has 9 heteroatoms. The highest BCUT2D eigenvalue weighted by Crippen LogP contribution is 2.32. The molecule has 0 unspecified atom stereocenters. The molecule has 0 atom stereocenters. The number of halogens is 4. The second-order valence-corrected chi connectivity index (χ2v) is 7.15. The number of hydrogen-bond donors (Lipinski definition) is 1. The van der Waals surface area contributed by atoms with Crippen LogP contribution in [-0.4, -0.2) is 15.0 Å². The normalized spacial score (nSPS) is 12.0. The molecule has 2 rings (SSSR count). The van der Waals surface area contributed by atoms with Crippen LogP contribution in [0.2, 0.25) is 0 Å². The monoisotopic (exact) mass is 391 g/mol. The standard InChI is InChI=1S/C17H17F4NO3S/c1-2-3-10-25-13-5-7-14(8-6-13)26(23,24)22-16-11-12(17(19,20)21)4-9-15(16)18/h4-9,11,22H,2-3,10H2,1H3. The van der Waals surface area contributed by atoms with E-state index in [4.69, 9.17) is 4.74 Å². The third kappa shape index (κ3) is 5.10. The van der Waals surface area contributed by atoms with Crippen molar-refractivity contribution in [1.82, 2.24) is 0 Å². The topological polar surface area (TPSA) is 55.4 Å². The summed E-state index contributed by atoms with van der Waals surface area (Å²) in [6, 6.07) is 6.82. The van der Waals surface area contributed by atoms with E-state index >= 15 is 0 Å². The Morgan fingerprint density at radius 2 is 1.73 bits per heavy atom. The molecule has 0 fully saturated rings. The van der Waals surface area contributed by atoms with Crippen molar-refractivity contribution < 1.29 is 30.7 Å². The second-order valence-electron chi connectivity index (χ2n) is 5.47. The van der Waals surface area contributed by atoms with Crippen LogP contribution in [0.15, 0.2) is 47.4 Å². The molecule has 0 saturated heterocycles. The van der Waals surface area contributed by atoms with Crippen LogP contribution in [0.25, 0.3) is 0 Å². The van der Waals surface area contributed by atoms with Gasteiger partial charge in [0.2, 0.25) is 0 Å². The van der Waals surface area contributed by atoms with E-state index in [-0.39, 0.29) is 4.90 Å². The van der Waals surface area contributed by atoms with Gasteiger partial charge in [0.25, 0.3) is 10.0 Å². The molecule has 0 aromatic heterocycles. The van der Waals surface area contributed by atoms with Crippen LogP contribution in [-0.2, 0) is 16.2 Å². The van der Waals surface area contributed by atoms with Gasteiger partial charge in [-0.15, -0.1) is 0 Å². The van der Waals surface area contributed by atoms with Crippen molar-refractivity contribution in [1.29, 1.82) is 0 Å². The SMILES string of the molecule is CCCCOc1ccc(S(=O)(=O)Nc2cc(C(F)(F)F)ccc2F)cc1. The fraction of sp³-hybridized carbons (Fsp3) is 0.294. The lowest BCUT2D eigenvalue weighted by Gasteiger charge is -2.12. The quantitative estimate of drug-likeness (QED) is 0.544. The van der Waals surface area contributed by atoms with Crippen molar-refractivity contribution in [2.24, 2.45) is 0 Å². The molecule has 0 heterocycles. The van der Waals surface area contributed by atoms with Gasteiger partial charge in [-0.2, -0.15) is 13.2 Å². The third-order valence-electron chi connectivity index (χ3n) is 3.44. The fourth-order valence-electron chi connectivity index (χ4n) is 2.03. The number of unbranched alkanes of at least 4 members (excludes halogenated alkanes) is 1. The number of benzene rings is 2. The minimum atomic E-state index is -4.72. The van der Waals surface area contributed by atoms with E-state index in [0.29, 0.717) is 30.6 Å². The van der Waals surface area contributed by atoms with Gasteiger partial charge in [-0.05, 0) is 48.9 Å². The Morgan fingerprint density at radius 3 is 2.31 bits per heavy atom. The highest BCUT2D eigenvalue weighted by atomic mass is 32.2. The first-order valence-electron chi connectivity index (χ1n) is 7.76. The summed E-state index contributed by atoms with van der Waals surface area (Å²) in [6.45, 7) is 2.48. The fourth-order valence-corrected chi connectivity index (χ4v) is 3.09. The Balaban J connectivity index is 2.21. The maximum atomic E-state index is 13.7. The van der Waals surface area contributed by atoms with Crippen LogP contribution in [0.5, 0.6) is 5.75 Å². The first-order chi connectivity index (χ1) is 12.1. The van der Waals surface area contributed by atoms with E-state index in [0.717, 1.165) is 12.8 Å². The molecule has 0 aliphatic carbocycles. The zero-order valence-electron chi connectivity index (χ0n) is 13.8. The van der Waals surface area contributed by atoms with Gasteiger partial charge >= 0.3 is 6.18 Å². The van der Waals surface area contributed by atoms with Crippen molar-refractivity contribution in [3.8, 4) is 5.75 Å². The number of ether oxygens (including phenoxy) is 1. The van der Waals surface area contributed by atoms with Gasteiger partial charge < -0.3 is 4.74 Å². The van der Waals surface area contributed by atoms with Gasteiger partial charge in [-0.3, -0.25) is 4.72 Å². The minimum absolute atomic E-state index is 0.225. The Hall–Kier alpha value is -2.29. The third-order valence-corrected chi connectivity index (χ3v) is 4.82. The zero-order chi connectivity index (χ0) is 19.4.